The highest BCUT2D eigenvalue weighted by Gasteiger charge is 2.35. The van der Waals surface area contributed by atoms with Crippen LogP contribution in [0.3, 0.4) is 0 Å². The molecule has 6 nitrogen and oxygen atoms in total. The van der Waals surface area contributed by atoms with Gasteiger partial charge in [-0.25, -0.2) is 4.98 Å². The van der Waals surface area contributed by atoms with Crippen molar-refractivity contribution in [2.45, 2.75) is 13.1 Å². The van der Waals surface area contributed by atoms with Crippen molar-refractivity contribution in [2.24, 2.45) is 0 Å². The number of nitrogens with zero attached hydrogens (tertiary/aromatic N) is 2. The Balaban J connectivity index is 1.94. The van der Waals surface area contributed by atoms with E-state index in [0.717, 1.165) is 6.20 Å². The number of halogens is 3. The summed E-state index contributed by atoms with van der Waals surface area (Å²) in [7, 11) is 1.54. The highest BCUT2D eigenvalue weighted by atomic mass is 19.4. The van der Waals surface area contributed by atoms with Crippen molar-refractivity contribution in [3.63, 3.8) is 0 Å². The number of hydrogen-bond acceptors (Lipinski definition) is 6. The Morgan fingerprint density at radius 2 is 1.72 bits per heavy atom. The summed E-state index contributed by atoms with van der Waals surface area (Å²) in [6, 6.07) is 13.5. The molecule has 0 bridgehead atoms. The molecule has 0 aliphatic heterocycles. The quantitative estimate of drug-likeness (QED) is 0.550. The van der Waals surface area contributed by atoms with Gasteiger partial charge in [0.15, 0.2) is 0 Å². The summed E-state index contributed by atoms with van der Waals surface area (Å²) in [6.45, 7) is 2.17. The fourth-order valence-corrected chi connectivity index (χ4v) is 2.53. The van der Waals surface area contributed by atoms with Crippen molar-refractivity contribution in [1.82, 2.24) is 9.97 Å². The molecule has 0 amide bonds. The molecule has 0 aliphatic rings. The van der Waals surface area contributed by atoms with E-state index >= 15 is 0 Å². The van der Waals surface area contributed by atoms with Gasteiger partial charge in [-0.15, -0.1) is 0 Å². The third kappa shape index (κ3) is 5.07. The second-order valence-corrected chi connectivity index (χ2v) is 5.86. The van der Waals surface area contributed by atoms with Crippen LogP contribution in [-0.4, -0.2) is 23.7 Å². The van der Waals surface area contributed by atoms with Crippen molar-refractivity contribution in [1.29, 1.82) is 0 Å². The van der Waals surface area contributed by atoms with E-state index in [-0.39, 0.29) is 11.8 Å². The molecule has 0 unspecified atom stereocenters. The standard InChI is InChI=1S/C20H19F3N4O2/c1-3-29-17-7-5-4-6-16(17)26-18-15(20(21,22)23)12-24-19(27-18)25-13-8-10-14(28-2)11-9-13/h4-12H,3H2,1-2H3,(H2,24,25,26,27). The zero-order valence-corrected chi connectivity index (χ0v) is 15.7. The summed E-state index contributed by atoms with van der Waals surface area (Å²) in [5, 5.41) is 5.60. The summed E-state index contributed by atoms with van der Waals surface area (Å²) in [5.74, 6) is 0.709. The molecule has 3 rings (SSSR count). The average Bonchev–Trinajstić information content (AvgIpc) is 2.69. The third-order valence-corrected chi connectivity index (χ3v) is 3.88. The number of aromatic nitrogens is 2. The number of anilines is 4. The van der Waals surface area contributed by atoms with E-state index in [1.54, 1.807) is 62.6 Å². The van der Waals surface area contributed by atoms with Gasteiger partial charge in [-0.1, -0.05) is 12.1 Å². The lowest BCUT2D eigenvalue weighted by molar-refractivity contribution is -0.137. The Morgan fingerprint density at radius 3 is 2.38 bits per heavy atom. The van der Waals surface area contributed by atoms with Gasteiger partial charge in [0.1, 0.15) is 22.9 Å². The number of hydrogen-bond donors (Lipinski definition) is 2. The molecule has 0 radical (unpaired) electrons. The summed E-state index contributed by atoms with van der Waals surface area (Å²) in [5.41, 5.74) is -0.00995. The lowest BCUT2D eigenvalue weighted by atomic mass is 10.2. The first kappa shape index (κ1) is 20.2. The van der Waals surface area contributed by atoms with E-state index in [1.807, 2.05) is 0 Å². The molecule has 0 fully saturated rings. The monoisotopic (exact) mass is 404 g/mol. The largest absolute Gasteiger partial charge is 0.497 e. The molecule has 2 aromatic carbocycles. The van der Waals surface area contributed by atoms with Crippen LogP contribution in [0.1, 0.15) is 12.5 Å². The molecular formula is C20H19F3N4O2. The number of methoxy groups -OCH3 is 1. The molecule has 0 spiro atoms. The Morgan fingerprint density at radius 1 is 1.00 bits per heavy atom. The molecular weight excluding hydrogens is 385 g/mol. The van der Waals surface area contributed by atoms with Crippen LogP contribution >= 0.6 is 0 Å². The highest BCUT2D eigenvalue weighted by Crippen LogP contribution is 2.37. The summed E-state index contributed by atoms with van der Waals surface area (Å²) < 4.78 is 50.9. The van der Waals surface area contributed by atoms with Gasteiger partial charge in [-0.3, -0.25) is 0 Å². The van der Waals surface area contributed by atoms with Crippen LogP contribution in [0.15, 0.2) is 54.7 Å². The van der Waals surface area contributed by atoms with Gasteiger partial charge in [0.05, 0.1) is 19.4 Å². The molecule has 9 heteroatoms. The maximum Gasteiger partial charge on any atom is 0.421 e. The number of benzene rings is 2. The van der Waals surface area contributed by atoms with Crippen LogP contribution in [0, 0.1) is 0 Å². The van der Waals surface area contributed by atoms with Gasteiger partial charge in [-0.2, -0.15) is 18.2 Å². The van der Waals surface area contributed by atoms with E-state index in [4.69, 9.17) is 9.47 Å². The first-order valence-corrected chi connectivity index (χ1v) is 8.75. The second kappa shape index (κ2) is 8.68. The molecule has 0 saturated carbocycles. The first-order valence-electron chi connectivity index (χ1n) is 8.75. The second-order valence-electron chi connectivity index (χ2n) is 5.86. The van der Waals surface area contributed by atoms with Gasteiger partial charge in [0, 0.05) is 11.9 Å². The Kier molecular flexibility index (Phi) is 6.06. The van der Waals surface area contributed by atoms with Gasteiger partial charge >= 0.3 is 6.18 Å². The Bertz CT molecular complexity index is 963. The number of rotatable bonds is 7. The van der Waals surface area contributed by atoms with Gasteiger partial charge < -0.3 is 20.1 Å². The van der Waals surface area contributed by atoms with Crippen LogP contribution in [0.25, 0.3) is 0 Å². The predicted molar refractivity (Wildman–Crippen MR) is 104 cm³/mol. The number of nitrogens with one attached hydrogen (secondary N) is 2. The van der Waals surface area contributed by atoms with Crippen molar-refractivity contribution in [3.8, 4) is 11.5 Å². The third-order valence-electron chi connectivity index (χ3n) is 3.88. The average molecular weight is 404 g/mol. The Hall–Kier alpha value is -3.49. The van der Waals surface area contributed by atoms with Crippen LogP contribution in [0.2, 0.25) is 0 Å². The van der Waals surface area contributed by atoms with Crippen molar-refractivity contribution in [2.75, 3.05) is 24.4 Å². The Labute approximate surface area is 165 Å². The minimum atomic E-state index is -4.62. The van der Waals surface area contributed by atoms with Crippen LogP contribution in [0.5, 0.6) is 11.5 Å². The van der Waals surface area contributed by atoms with Crippen LogP contribution in [-0.2, 0) is 6.18 Å². The molecule has 3 aromatic rings. The molecule has 1 heterocycles. The van der Waals surface area contributed by atoms with E-state index in [1.165, 1.54) is 0 Å². The zero-order valence-electron chi connectivity index (χ0n) is 15.7. The minimum Gasteiger partial charge on any atom is -0.497 e. The number of ether oxygens (including phenoxy) is 2. The van der Waals surface area contributed by atoms with Gasteiger partial charge in [-0.05, 0) is 43.3 Å². The van der Waals surface area contributed by atoms with Gasteiger partial charge in [0.25, 0.3) is 0 Å². The molecule has 1 aromatic heterocycles. The van der Waals surface area contributed by atoms with Crippen LogP contribution in [0.4, 0.5) is 36.3 Å². The number of para-hydroxylation sites is 2. The summed E-state index contributed by atoms with van der Waals surface area (Å²) in [4.78, 5) is 7.83. The summed E-state index contributed by atoms with van der Waals surface area (Å²) >= 11 is 0. The maximum atomic E-state index is 13.5. The lowest BCUT2D eigenvalue weighted by Gasteiger charge is -2.16. The molecule has 2 N–H and O–H groups in total. The smallest absolute Gasteiger partial charge is 0.421 e. The number of alkyl halides is 3. The van der Waals surface area contributed by atoms with E-state index < -0.39 is 11.7 Å². The van der Waals surface area contributed by atoms with E-state index in [2.05, 4.69) is 20.6 Å². The normalized spacial score (nSPS) is 11.1. The summed E-state index contributed by atoms with van der Waals surface area (Å²) in [6.07, 6.45) is -3.88. The predicted octanol–water partition coefficient (Wildman–Crippen LogP) is 5.39. The highest BCUT2D eigenvalue weighted by molar-refractivity contribution is 5.67. The van der Waals surface area contributed by atoms with Gasteiger partial charge in [0.2, 0.25) is 5.95 Å². The molecule has 0 atom stereocenters. The van der Waals surface area contributed by atoms with Crippen molar-refractivity contribution < 1.29 is 22.6 Å². The maximum absolute atomic E-state index is 13.5. The van der Waals surface area contributed by atoms with E-state index in [9.17, 15) is 13.2 Å². The molecule has 29 heavy (non-hydrogen) atoms. The SMILES string of the molecule is CCOc1ccccc1Nc1nc(Nc2ccc(OC)cc2)ncc1C(F)(F)F. The topological polar surface area (TPSA) is 68.3 Å². The minimum absolute atomic E-state index is 0.0135. The fourth-order valence-electron chi connectivity index (χ4n) is 2.53. The van der Waals surface area contributed by atoms with Crippen molar-refractivity contribution in [3.05, 3.63) is 60.3 Å². The van der Waals surface area contributed by atoms with E-state index in [0.29, 0.717) is 29.5 Å². The van der Waals surface area contributed by atoms with Crippen LogP contribution < -0.4 is 20.1 Å². The molecule has 152 valence electrons. The molecule has 0 saturated heterocycles. The van der Waals surface area contributed by atoms with Crippen molar-refractivity contribution >= 4 is 23.1 Å². The molecule has 0 aliphatic carbocycles. The fraction of sp³-hybridized carbons (Fsp3) is 0.200. The first-order chi connectivity index (χ1) is 13.9. The lowest BCUT2D eigenvalue weighted by Crippen LogP contribution is -2.13. The zero-order chi connectivity index (χ0) is 20.9.